The van der Waals surface area contributed by atoms with Crippen LogP contribution in [0, 0.1) is 0 Å². The number of fused-ring (bicyclic) bond motifs is 1. The van der Waals surface area contributed by atoms with Crippen molar-refractivity contribution in [1.82, 2.24) is 10.4 Å². The molecule has 0 aliphatic carbocycles. The van der Waals surface area contributed by atoms with Gasteiger partial charge in [-0.05, 0) is 42.0 Å². The van der Waals surface area contributed by atoms with E-state index in [1.165, 1.54) is 24.3 Å². The van der Waals surface area contributed by atoms with E-state index in [2.05, 4.69) is 20.2 Å². The van der Waals surface area contributed by atoms with Crippen molar-refractivity contribution in [3.8, 4) is 5.75 Å². The number of alkyl halides is 6. The van der Waals surface area contributed by atoms with E-state index in [0.29, 0.717) is 16.5 Å². The number of nitrogens with zero attached hydrogens (tertiary/aromatic N) is 1. The Morgan fingerprint density at radius 3 is 2.31 bits per heavy atom. The lowest BCUT2D eigenvalue weighted by atomic mass is 10.1. The molecule has 152 valence electrons. The molecule has 0 unspecified atom stereocenters. The molecule has 1 amide bonds. The Labute approximate surface area is 159 Å². The third-order valence-corrected chi connectivity index (χ3v) is 3.69. The Kier molecular flexibility index (Phi) is 5.23. The van der Waals surface area contributed by atoms with Gasteiger partial charge in [-0.25, -0.2) is 5.43 Å². The summed E-state index contributed by atoms with van der Waals surface area (Å²) >= 11 is 0. The quantitative estimate of drug-likeness (QED) is 0.364. The van der Waals surface area contributed by atoms with Crippen LogP contribution in [-0.4, -0.2) is 23.5 Å². The van der Waals surface area contributed by atoms with Crippen molar-refractivity contribution in [2.24, 2.45) is 5.10 Å². The summed E-state index contributed by atoms with van der Waals surface area (Å²) in [6, 6.07) is 8.95. The van der Waals surface area contributed by atoms with Gasteiger partial charge in [0.25, 0.3) is 5.91 Å². The number of aromatic amines is 1. The molecular formula is C18H11F6N3O2. The number of rotatable bonds is 4. The molecular weight excluding hydrogens is 404 g/mol. The number of hydrogen-bond acceptors (Lipinski definition) is 3. The number of amides is 1. The number of H-pyrrole nitrogens is 1. The predicted molar refractivity (Wildman–Crippen MR) is 91.5 cm³/mol. The lowest BCUT2D eigenvalue weighted by Crippen LogP contribution is -2.17. The molecule has 2 N–H and O–H groups in total. The number of nitrogens with one attached hydrogen (secondary N) is 2. The van der Waals surface area contributed by atoms with E-state index in [1.807, 2.05) is 0 Å². The highest BCUT2D eigenvalue weighted by atomic mass is 19.4. The fourth-order valence-corrected chi connectivity index (χ4v) is 2.41. The largest absolute Gasteiger partial charge is 0.573 e. The topological polar surface area (TPSA) is 66.5 Å². The molecule has 5 nitrogen and oxygen atoms in total. The molecule has 0 saturated heterocycles. The van der Waals surface area contributed by atoms with Crippen molar-refractivity contribution in [2.75, 3.05) is 0 Å². The average molecular weight is 415 g/mol. The standard InChI is InChI=1S/C18H11F6N3O2/c19-17(20,21)12-3-1-10(2-4-12)9-25-27-16(28)15-8-11-7-13(29-18(22,23)24)5-6-14(11)26-15/h1-9,26H,(H,27,28)/b25-9+. The van der Waals surface area contributed by atoms with Crippen LogP contribution in [0.3, 0.4) is 0 Å². The molecule has 0 fully saturated rings. The zero-order chi connectivity index (χ0) is 21.2. The first-order valence-corrected chi connectivity index (χ1v) is 7.90. The Bertz CT molecular complexity index is 1050. The first-order chi connectivity index (χ1) is 13.5. The number of carbonyl (C=O) groups is 1. The molecule has 0 radical (unpaired) electrons. The van der Waals surface area contributed by atoms with Crippen LogP contribution in [0.2, 0.25) is 0 Å². The van der Waals surface area contributed by atoms with E-state index in [9.17, 15) is 31.1 Å². The number of halogens is 6. The molecule has 11 heteroatoms. The van der Waals surface area contributed by atoms with Gasteiger partial charge in [0.2, 0.25) is 0 Å². The van der Waals surface area contributed by atoms with Crippen LogP contribution >= 0.6 is 0 Å². The van der Waals surface area contributed by atoms with E-state index >= 15 is 0 Å². The van der Waals surface area contributed by atoms with Gasteiger partial charge >= 0.3 is 12.5 Å². The molecule has 29 heavy (non-hydrogen) atoms. The van der Waals surface area contributed by atoms with E-state index in [1.54, 1.807) is 0 Å². The second-order valence-corrected chi connectivity index (χ2v) is 5.80. The van der Waals surface area contributed by atoms with Crippen LogP contribution in [0.25, 0.3) is 10.9 Å². The van der Waals surface area contributed by atoms with E-state index in [4.69, 9.17) is 0 Å². The van der Waals surface area contributed by atoms with Crippen molar-refractivity contribution >= 4 is 23.0 Å². The maximum absolute atomic E-state index is 12.5. The zero-order valence-corrected chi connectivity index (χ0v) is 14.2. The van der Waals surface area contributed by atoms with Crippen molar-refractivity contribution < 1.29 is 35.9 Å². The van der Waals surface area contributed by atoms with Gasteiger partial charge in [-0.1, -0.05) is 12.1 Å². The van der Waals surface area contributed by atoms with Gasteiger partial charge in [-0.3, -0.25) is 4.79 Å². The highest BCUT2D eigenvalue weighted by Crippen LogP contribution is 2.29. The molecule has 0 aliphatic heterocycles. The summed E-state index contributed by atoms with van der Waals surface area (Å²) in [5.74, 6) is -1.13. The Morgan fingerprint density at radius 1 is 1.00 bits per heavy atom. The van der Waals surface area contributed by atoms with Crippen LogP contribution in [0.4, 0.5) is 26.3 Å². The summed E-state index contributed by atoms with van der Waals surface area (Å²) in [5.41, 5.74) is 2.10. The summed E-state index contributed by atoms with van der Waals surface area (Å²) in [7, 11) is 0. The van der Waals surface area contributed by atoms with Crippen LogP contribution in [0.15, 0.2) is 53.6 Å². The first kappa shape index (κ1) is 20.2. The van der Waals surface area contributed by atoms with Gasteiger partial charge < -0.3 is 9.72 Å². The Balaban J connectivity index is 1.67. The van der Waals surface area contributed by atoms with Crippen molar-refractivity contribution in [2.45, 2.75) is 12.5 Å². The molecule has 1 aromatic heterocycles. The molecule has 0 atom stereocenters. The molecule has 3 aromatic rings. The highest BCUT2D eigenvalue weighted by molar-refractivity contribution is 5.98. The maximum atomic E-state index is 12.5. The van der Waals surface area contributed by atoms with Crippen LogP contribution in [0.5, 0.6) is 5.75 Å². The number of carbonyl (C=O) groups excluding carboxylic acids is 1. The minimum absolute atomic E-state index is 0.0220. The summed E-state index contributed by atoms with van der Waals surface area (Å²) < 4.78 is 78.1. The van der Waals surface area contributed by atoms with Crippen LogP contribution in [-0.2, 0) is 6.18 Å². The van der Waals surface area contributed by atoms with E-state index in [0.717, 1.165) is 30.5 Å². The Hall–Kier alpha value is -3.50. The SMILES string of the molecule is O=C(N/N=C/c1ccc(C(F)(F)F)cc1)c1cc2cc(OC(F)(F)F)ccc2[nH]1. The fraction of sp³-hybridized carbons (Fsp3) is 0.111. The summed E-state index contributed by atoms with van der Waals surface area (Å²) in [6.07, 6.45) is -8.14. The van der Waals surface area contributed by atoms with Crippen molar-refractivity contribution in [1.29, 1.82) is 0 Å². The number of benzene rings is 2. The second-order valence-electron chi connectivity index (χ2n) is 5.80. The molecule has 0 spiro atoms. The molecule has 2 aromatic carbocycles. The first-order valence-electron chi connectivity index (χ1n) is 7.90. The normalized spacial score (nSPS) is 12.5. The number of hydrazone groups is 1. The number of aromatic nitrogens is 1. The van der Waals surface area contributed by atoms with Gasteiger partial charge in [-0.2, -0.15) is 18.3 Å². The zero-order valence-electron chi connectivity index (χ0n) is 14.2. The fourth-order valence-electron chi connectivity index (χ4n) is 2.41. The van der Waals surface area contributed by atoms with Crippen LogP contribution in [0.1, 0.15) is 21.6 Å². The predicted octanol–water partition coefficient (Wildman–Crippen LogP) is 4.85. The molecule has 0 bridgehead atoms. The smallest absolute Gasteiger partial charge is 0.406 e. The third-order valence-electron chi connectivity index (χ3n) is 3.69. The van der Waals surface area contributed by atoms with Crippen LogP contribution < -0.4 is 10.2 Å². The van der Waals surface area contributed by atoms with Crippen molar-refractivity contribution in [3.05, 3.63) is 65.4 Å². The molecule has 1 heterocycles. The van der Waals surface area contributed by atoms with Gasteiger partial charge in [0, 0.05) is 10.9 Å². The van der Waals surface area contributed by atoms with E-state index in [-0.39, 0.29) is 5.69 Å². The number of ether oxygens (including phenoxy) is 1. The lowest BCUT2D eigenvalue weighted by molar-refractivity contribution is -0.274. The monoisotopic (exact) mass is 415 g/mol. The second kappa shape index (κ2) is 7.49. The third kappa shape index (κ3) is 5.27. The molecule has 0 aliphatic rings. The molecule has 3 rings (SSSR count). The minimum Gasteiger partial charge on any atom is -0.406 e. The highest BCUT2D eigenvalue weighted by Gasteiger charge is 2.31. The summed E-state index contributed by atoms with van der Waals surface area (Å²) in [6.45, 7) is 0. The van der Waals surface area contributed by atoms with E-state index < -0.39 is 29.8 Å². The average Bonchev–Trinajstić information content (AvgIpc) is 3.03. The van der Waals surface area contributed by atoms with Gasteiger partial charge in [0.15, 0.2) is 0 Å². The molecule has 0 saturated carbocycles. The maximum Gasteiger partial charge on any atom is 0.573 e. The van der Waals surface area contributed by atoms with Gasteiger partial charge in [0.1, 0.15) is 11.4 Å². The summed E-state index contributed by atoms with van der Waals surface area (Å²) in [4.78, 5) is 14.8. The lowest BCUT2D eigenvalue weighted by Gasteiger charge is -2.08. The van der Waals surface area contributed by atoms with Gasteiger partial charge in [-0.15, -0.1) is 13.2 Å². The van der Waals surface area contributed by atoms with Gasteiger partial charge in [0.05, 0.1) is 11.8 Å². The minimum atomic E-state index is -4.84. The number of hydrogen-bond donors (Lipinski definition) is 2. The Morgan fingerprint density at radius 2 is 1.69 bits per heavy atom. The summed E-state index contributed by atoms with van der Waals surface area (Å²) in [5, 5.41) is 3.96. The van der Waals surface area contributed by atoms with Crippen molar-refractivity contribution in [3.63, 3.8) is 0 Å².